The van der Waals surface area contributed by atoms with Gasteiger partial charge in [-0.05, 0) is 55.6 Å². The molecular formula is C23H23F3N8OS. The molecule has 9 nitrogen and oxygen atoms in total. The zero-order chi connectivity index (χ0) is 25.2. The molecule has 0 unspecified atom stereocenters. The first-order valence-electron chi connectivity index (χ1n) is 11.4. The molecule has 2 aliphatic rings. The predicted octanol–water partition coefficient (Wildman–Crippen LogP) is 4.27. The lowest BCUT2D eigenvalue weighted by atomic mass is 9.89. The van der Waals surface area contributed by atoms with E-state index in [2.05, 4.69) is 30.5 Å². The van der Waals surface area contributed by atoms with E-state index in [9.17, 15) is 18.3 Å². The van der Waals surface area contributed by atoms with Crippen LogP contribution in [0.15, 0.2) is 40.4 Å². The first-order valence-corrected chi connectivity index (χ1v) is 12.3. The molecule has 6 rings (SSSR count). The lowest BCUT2D eigenvalue weighted by Gasteiger charge is -2.47. The highest BCUT2D eigenvalue weighted by Gasteiger charge is 2.52. The van der Waals surface area contributed by atoms with Crippen molar-refractivity contribution in [3.05, 3.63) is 41.9 Å². The highest BCUT2D eigenvalue weighted by molar-refractivity contribution is 7.99. The number of hydrogen-bond acceptors (Lipinski definition) is 8. The van der Waals surface area contributed by atoms with Gasteiger partial charge in [-0.2, -0.15) is 18.3 Å². The number of nitrogens with zero attached hydrogens (tertiary/aromatic N) is 6. The van der Waals surface area contributed by atoms with Gasteiger partial charge in [-0.15, -0.1) is 0 Å². The van der Waals surface area contributed by atoms with Gasteiger partial charge >= 0.3 is 6.18 Å². The molecule has 1 aromatic carbocycles. The van der Waals surface area contributed by atoms with E-state index in [1.54, 1.807) is 18.2 Å². The van der Waals surface area contributed by atoms with E-state index in [0.29, 0.717) is 52.0 Å². The predicted molar refractivity (Wildman–Crippen MR) is 128 cm³/mol. The normalized spacial score (nSPS) is 17.4. The summed E-state index contributed by atoms with van der Waals surface area (Å²) < 4.78 is 40.9. The van der Waals surface area contributed by atoms with Crippen molar-refractivity contribution in [2.45, 2.75) is 41.6 Å². The van der Waals surface area contributed by atoms with Crippen LogP contribution in [0.3, 0.4) is 0 Å². The average molecular weight is 517 g/mol. The Morgan fingerprint density at radius 2 is 1.92 bits per heavy atom. The van der Waals surface area contributed by atoms with Gasteiger partial charge in [0, 0.05) is 24.1 Å². The van der Waals surface area contributed by atoms with Gasteiger partial charge in [0.15, 0.2) is 5.16 Å². The van der Waals surface area contributed by atoms with Gasteiger partial charge < -0.3 is 19.9 Å². The average Bonchev–Trinajstić information content (AvgIpc) is 3.49. The maximum atomic E-state index is 13.3. The minimum atomic E-state index is -4.54. The fraction of sp³-hybridized carbons (Fsp3) is 0.391. The van der Waals surface area contributed by atoms with Crippen molar-refractivity contribution in [2.24, 2.45) is 13.0 Å². The summed E-state index contributed by atoms with van der Waals surface area (Å²) in [5.74, 6) is 1.27. The maximum Gasteiger partial charge on any atom is 0.449 e. The number of halogens is 3. The standard InChI is InChI=1S/C23H23F3N8OS/c1-12-7-18(32-31-12)28-17-9-19(34-10-22(35,11-34)13-3-4-13)30-21(29-17)36-14-5-6-15-16(8-14)33(2)20(27-15)23(24,25)26/h5-9,13,35H,3-4,10-11H2,1-2H3,(H2,28,29,30,31,32). The third kappa shape index (κ3) is 4.26. The molecule has 188 valence electrons. The van der Waals surface area contributed by atoms with Crippen LogP contribution in [0.4, 0.5) is 30.6 Å². The number of aryl methyl sites for hydroxylation is 2. The van der Waals surface area contributed by atoms with Crippen LogP contribution in [0.1, 0.15) is 24.4 Å². The van der Waals surface area contributed by atoms with Crippen LogP contribution in [0.25, 0.3) is 11.0 Å². The topological polar surface area (TPSA) is 108 Å². The molecule has 3 aromatic heterocycles. The molecule has 36 heavy (non-hydrogen) atoms. The Morgan fingerprint density at radius 3 is 2.58 bits per heavy atom. The molecule has 1 aliphatic carbocycles. The second kappa shape index (κ2) is 8.10. The number of fused-ring (bicyclic) bond motifs is 1. The molecule has 2 fully saturated rings. The Bertz CT molecular complexity index is 1460. The minimum Gasteiger partial charge on any atom is -0.386 e. The molecule has 1 saturated heterocycles. The number of alkyl halides is 3. The molecule has 0 spiro atoms. The SMILES string of the molecule is Cc1cc(Nc2cc(N3CC(O)(C4CC4)C3)nc(Sc3ccc4nc(C(F)(F)F)n(C)c4c3)n2)[nH]n1. The molecule has 4 aromatic rings. The van der Waals surface area contributed by atoms with E-state index in [1.807, 2.05) is 24.0 Å². The lowest BCUT2D eigenvalue weighted by Crippen LogP contribution is -2.63. The number of H-pyrrole nitrogens is 1. The zero-order valence-corrected chi connectivity index (χ0v) is 20.3. The quantitative estimate of drug-likeness (QED) is 0.326. The number of imidazole rings is 1. The van der Waals surface area contributed by atoms with Gasteiger partial charge in [0.1, 0.15) is 23.1 Å². The number of nitrogens with one attached hydrogen (secondary N) is 2. The molecule has 1 saturated carbocycles. The monoisotopic (exact) mass is 516 g/mol. The van der Waals surface area contributed by atoms with Crippen molar-refractivity contribution in [2.75, 3.05) is 23.3 Å². The van der Waals surface area contributed by atoms with Crippen LogP contribution in [0.5, 0.6) is 0 Å². The van der Waals surface area contributed by atoms with Crippen molar-refractivity contribution >= 4 is 40.2 Å². The number of rotatable bonds is 6. The molecular weight excluding hydrogens is 493 g/mol. The summed E-state index contributed by atoms with van der Waals surface area (Å²) in [7, 11) is 1.35. The van der Waals surface area contributed by atoms with Crippen molar-refractivity contribution in [1.82, 2.24) is 29.7 Å². The Morgan fingerprint density at radius 1 is 1.14 bits per heavy atom. The molecule has 0 amide bonds. The third-order valence-corrected chi connectivity index (χ3v) is 7.42. The molecule has 0 bridgehead atoms. The Hall–Kier alpha value is -3.32. The summed E-state index contributed by atoms with van der Waals surface area (Å²) in [5.41, 5.74) is 0.779. The first-order chi connectivity index (χ1) is 17.1. The highest BCUT2D eigenvalue weighted by atomic mass is 32.2. The molecule has 1 aliphatic heterocycles. The van der Waals surface area contributed by atoms with Gasteiger partial charge in [-0.25, -0.2) is 15.0 Å². The fourth-order valence-electron chi connectivity index (χ4n) is 4.56. The Kier molecular flexibility index (Phi) is 5.20. The van der Waals surface area contributed by atoms with Crippen LogP contribution in [0.2, 0.25) is 0 Å². The van der Waals surface area contributed by atoms with Gasteiger partial charge in [0.2, 0.25) is 5.82 Å². The first kappa shape index (κ1) is 23.1. The second-order valence-electron chi connectivity index (χ2n) is 9.42. The van der Waals surface area contributed by atoms with Crippen LogP contribution >= 0.6 is 11.8 Å². The van der Waals surface area contributed by atoms with Crippen molar-refractivity contribution in [3.8, 4) is 0 Å². The van der Waals surface area contributed by atoms with E-state index in [1.165, 1.54) is 18.8 Å². The number of aliphatic hydroxyl groups is 1. The number of aromatic nitrogens is 6. The van der Waals surface area contributed by atoms with E-state index in [4.69, 9.17) is 0 Å². The summed E-state index contributed by atoms with van der Waals surface area (Å²) in [5, 5.41) is 21.4. The van der Waals surface area contributed by atoms with Gasteiger partial charge in [0.05, 0.1) is 29.8 Å². The minimum absolute atomic E-state index is 0.265. The largest absolute Gasteiger partial charge is 0.449 e. The third-order valence-electron chi connectivity index (χ3n) is 6.57. The van der Waals surface area contributed by atoms with E-state index in [-0.39, 0.29) is 5.52 Å². The van der Waals surface area contributed by atoms with Crippen molar-refractivity contribution in [3.63, 3.8) is 0 Å². The van der Waals surface area contributed by atoms with Crippen LogP contribution < -0.4 is 10.2 Å². The Balaban J connectivity index is 1.31. The van der Waals surface area contributed by atoms with Crippen LogP contribution in [-0.2, 0) is 13.2 Å². The van der Waals surface area contributed by atoms with E-state index in [0.717, 1.165) is 23.1 Å². The second-order valence-corrected chi connectivity index (χ2v) is 10.5. The number of β-amino-alcohol motifs (C(OH)–C–C–N with tert-alkyl or cyclic N) is 1. The van der Waals surface area contributed by atoms with Crippen molar-refractivity contribution < 1.29 is 18.3 Å². The van der Waals surface area contributed by atoms with Gasteiger partial charge in [0.25, 0.3) is 0 Å². The molecule has 0 atom stereocenters. The van der Waals surface area contributed by atoms with E-state index >= 15 is 0 Å². The number of anilines is 3. The Labute approximate surface area is 208 Å². The number of hydrogen-bond donors (Lipinski definition) is 3. The zero-order valence-electron chi connectivity index (χ0n) is 19.5. The molecule has 13 heteroatoms. The number of benzene rings is 1. The summed E-state index contributed by atoms with van der Waals surface area (Å²) in [4.78, 5) is 15.7. The lowest BCUT2D eigenvalue weighted by molar-refractivity contribution is -0.146. The summed E-state index contributed by atoms with van der Waals surface area (Å²) in [6, 6.07) is 8.58. The molecule has 4 heterocycles. The van der Waals surface area contributed by atoms with Crippen LogP contribution in [-0.4, -0.2) is 53.5 Å². The van der Waals surface area contributed by atoms with Gasteiger partial charge in [-0.1, -0.05) is 0 Å². The smallest absolute Gasteiger partial charge is 0.386 e. The van der Waals surface area contributed by atoms with Gasteiger partial charge in [-0.3, -0.25) is 5.10 Å². The van der Waals surface area contributed by atoms with Crippen LogP contribution in [0, 0.1) is 12.8 Å². The van der Waals surface area contributed by atoms with E-state index < -0.39 is 17.6 Å². The fourth-order valence-corrected chi connectivity index (χ4v) is 5.36. The summed E-state index contributed by atoms with van der Waals surface area (Å²) in [6.45, 7) is 2.87. The molecule has 3 N–H and O–H groups in total. The van der Waals surface area contributed by atoms with Crippen molar-refractivity contribution in [1.29, 1.82) is 0 Å². The highest BCUT2D eigenvalue weighted by Crippen LogP contribution is 2.46. The summed E-state index contributed by atoms with van der Waals surface area (Å²) in [6.07, 6.45) is -2.44. The maximum absolute atomic E-state index is 13.3. The number of aromatic amines is 1. The molecule has 0 radical (unpaired) electrons. The summed E-state index contributed by atoms with van der Waals surface area (Å²) >= 11 is 1.24.